The number of benzene rings is 1. The number of anilines is 1. The van der Waals surface area contributed by atoms with Crippen molar-refractivity contribution in [3.8, 4) is 0 Å². The van der Waals surface area contributed by atoms with Gasteiger partial charge in [-0.3, -0.25) is 4.79 Å². The number of aryl methyl sites for hydroxylation is 1. The molecule has 0 aliphatic rings. The highest BCUT2D eigenvalue weighted by Gasteiger charge is 2.07. The third-order valence-corrected chi connectivity index (χ3v) is 3.87. The van der Waals surface area contributed by atoms with Crippen LogP contribution < -0.4 is 10.6 Å². The second-order valence-electron chi connectivity index (χ2n) is 4.75. The van der Waals surface area contributed by atoms with E-state index in [0.717, 1.165) is 22.8 Å². The van der Waals surface area contributed by atoms with Gasteiger partial charge in [0, 0.05) is 36.3 Å². The lowest BCUT2D eigenvalue weighted by molar-refractivity contribution is -0.114. The van der Waals surface area contributed by atoms with E-state index in [4.69, 9.17) is 0 Å². The van der Waals surface area contributed by atoms with Crippen molar-refractivity contribution in [2.45, 2.75) is 33.4 Å². The molecule has 1 aromatic carbocycles. The Bertz CT molecular complexity index is 594. The fraction of sp³-hybridized carbons (Fsp3) is 0.333. The van der Waals surface area contributed by atoms with E-state index in [2.05, 4.69) is 28.6 Å². The van der Waals surface area contributed by atoms with Crippen LogP contribution >= 0.6 is 11.3 Å². The van der Waals surface area contributed by atoms with Crippen LogP contribution in [0.2, 0.25) is 0 Å². The van der Waals surface area contributed by atoms with E-state index in [1.165, 1.54) is 11.8 Å². The van der Waals surface area contributed by atoms with E-state index < -0.39 is 0 Å². The predicted molar refractivity (Wildman–Crippen MR) is 82.9 cm³/mol. The molecule has 1 aromatic heterocycles. The standard InChI is InChI=1S/C15H19N3OS/c1-10(16-8-15-9-17-12(3)20-15)13-5-4-6-14(7-13)18-11(2)19/h4-7,9-10,16H,8H2,1-3H3,(H,18,19). The van der Waals surface area contributed by atoms with Gasteiger partial charge in [0.05, 0.1) is 5.01 Å². The third-order valence-electron chi connectivity index (χ3n) is 2.96. The first kappa shape index (κ1) is 14.7. The molecule has 1 unspecified atom stereocenters. The van der Waals surface area contributed by atoms with Gasteiger partial charge in [0.25, 0.3) is 0 Å². The first-order valence-electron chi connectivity index (χ1n) is 6.57. The lowest BCUT2D eigenvalue weighted by Crippen LogP contribution is -2.17. The van der Waals surface area contributed by atoms with Crippen molar-refractivity contribution in [1.29, 1.82) is 0 Å². The van der Waals surface area contributed by atoms with E-state index >= 15 is 0 Å². The maximum atomic E-state index is 11.1. The van der Waals surface area contributed by atoms with Gasteiger partial charge in [-0.1, -0.05) is 12.1 Å². The summed E-state index contributed by atoms with van der Waals surface area (Å²) in [5.74, 6) is -0.0529. The van der Waals surface area contributed by atoms with Gasteiger partial charge in [-0.05, 0) is 31.5 Å². The van der Waals surface area contributed by atoms with Gasteiger partial charge >= 0.3 is 0 Å². The fourth-order valence-electron chi connectivity index (χ4n) is 1.95. The van der Waals surface area contributed by atoms with Gasteiger partial charge in [-0.2, -0.15) is 0 Å². The predicted octanol–water partition coefficient (Wildman–Crippen LogP) is 3.26. The van der Waals surface area contributed by atoms with Crippen molar-refractivity contribution in [3.63, 3.8) is 0 Å². The Kier molecular flexibility index (Phi) is 4.87. The zero-order chi connectivity index (χ0) is 14.5. The van der Waals surface area contributed by atoms with Crippen LogP contribution in [0.3, 0.4) is 0 Å². The molecule has 0 radical (unpaired) electrons. The van der Waals surface area contributed by atoms with E-state index in [1.54, 1.807) is 11.3 Å². The Hall–Kier alpha value is -1.72. The van der Waals surface area contributed by atoms with E-state index in [0.29, 0.717) is 0 Å². The molecule has 1 amide bonds. The molecule has 2 aromatic rings. The zero-order valence-corrected chi connectivity index (χ0v) is 12.8. The molecule has 2 rings (SSSR count). The summed E-state index contributed by atoms with van der Waals surface area (Å²) in [6.07, 6.45) is 1.91. The van der Waals surface area contributed by atoms with Crippen molar-refractivity contribution in [1.82, 2.24) is 10.3 Å². The van der Waals surface area contributed by atoms with Gasteiger partial charge in [-0.25, -0.2) is 4.98 Å². The summed E-state index contributed by atoms with van der Waals surface area (Å²) in [5, 5.41) is 7.35. The molecule has 106 valence electrons. The molecule has 4 nitrogen and oxygen atoms in total. The number of nitrogens with zero attached hydrogens (tertiary/aromatic N) is 1. The maximum Gasteiger partial charge on any atom is 0.221 e. The summed E-state index contributed by atoms with van der Waals surface area (Å²) in [7, 11) is 0. The van der Waals surface area contributed by atoms with Gasteiger partial charge in [-0.15, -0.1) is 11.3 Å². The molecule has 0 bridgehead atoms. The Balaban J connectivity index is 1.97. The second kappa shape index (κ2) is 6.63. The molecule has 0 aliphatic heterocycles. The number of amides is 1. The summed E-state index contributed by atoms with van der Waals surface area (Å²) in [6.45, 7) is 6.44. The second-order valence-corrected chi connectivity index (χ2v) is 6.07. The smallest absolute Gasteiger partial charge is 0.221 e. The highest BCUT2D eigenvalue weighted by atomic mass is 32.1. The molecule has 1 heterocycles. The van der Waals surface area contributed by atoms with E-state index in [1.807, 2.05) is 31.3 Å². The maximum absolute atomic E-state index is 11.1. The Morgan fingerprint density at radius 3 is 2.90 bits per heavy atom. The lowest BCUT2D eigenvalue weighted by Gasteiger charge is -2.14. The first-order chi connectivity index (χ1) is 9.54. The largest absolute Gasteiger partial charge is 0.326 e. The molecule has 2 N–H and O–H groups in total. The zero-order valence-electron chi connectivity index (χ0n) is 11.9. The summed E-state index contributed by atoms with van der Waals surface area (Å²) in [4.78, 5) is 16.5. The minimum absolute atomic E-state index is 0.0529. The van der Waals surface area contributed by atoms with Crippen LogP contribution in [0.1, 0.15) is 35.3 Å². The third kappa shape index (κ3) is 4.15. The fourth-order valence-corrected chi connectivity index (χ4v) is 2.69. The average Bonchev–Trinajstić information content (AvgIpc) is 2.81. The quantitative estimate of drug-likeness (QED) is 0.888. The van der Waals surface area contributed by atoms with Crippen LogP contribution in [0.4, 0.5) is 5.69 Å². The molecule has 0 saturated carbocycles. The number of nitrogens with one attached hydrogen (secondary N) is 2. The van der Waals surface area contributed by atoms with Gasteiger partial charge in [0.2, 0.25) is 5.91 Å². The number of hydrogen-bond acceptors (Lipinski definition) is 4. The van der Waals surface area contributed by atoms with Crippen molar-refractivity contribution in [3.05, 3.63) is 45.9 Å². The molecule has 5 heteroatoms. The highest BCUT2D eigenvalue weighted by molar-refractivity contribution is 7.11. The van der Waals surface area contributed by atoms with Gasteiger partial charge in [0.15, 0.2) is 0 Å². The van der Waals surface area contributed by atoms with Crippen molar-refractivity contribution in [2.75, 3.05) is 5.32 Å². The average molecular weight is 289 g/mol. The van der Waals surface area contributed by atoms with Crippen LogP contribution in [-0.4, -0.2) is 10.9 Å². The van der Waals surface area contributed by atoms with Crippen LogP contribution in [0.25, 0.3) is 0 Å². The number of hydrogen-bond donors (Lipinski definition) is 2. The number of thiazole rings is 1. The molecular formula is C15H19N3OS. The van der Waals surface area contributed by atoms with Gasteiger partial charge in [0.1, 0.15) is 0 Å². The Labute approximate surface area is 123 Å². The van der Waals surface area contributed by atoms with Crippen LogP contribution in [-0.2, 0) is 11.3 Å². The molecule has 0 fully saturated rings. The van der Waals surface area contributed by atoms with Crippen molar-refractivity contribution in [2.24, 2.45) is 0 Å². The normalized spacial score (nSPS) is 12.2. The van der Waals surface area contributed by atoms with Crippen LogP contribution in [0, 0.1) is 6.92 Å². The molecular weight excluding hydrogens is 270 g/mol. The van der Waals surface area contributed by atoms with E-state index in [9.17, 15) is 4.79 Å². The Morgan fingerprint density at radius 2 is 2.25 bits per heavy atom. The first-order valence-corrected chi connectivity index (χ1v) is 7.38. The molecule has 0 spiro atoms. The number of carbonyl (C=O) groups is 1. The molecule has 1 atom stereocenters. The lowest BCUT2D eigenvalue weighted by atomic mass is 10.1. The molecule has 0 saturated heterocycles. The summed E-state index contributed by atoms with van der Waals surface area (Å²) >= 11 is 1.71. The number of carbonyl (C=O) groups excluding carboxylic acids is 1. The number of rotatable bonds is 5. The van der Waals surface area contributed by atoms with Gasteiger partial charge < -0.3 is 10.6 Å². The highest BCUT2D eigenvalue weighted by Crippen LogP contribution is 2.19. The van der Waals surface area contributed by atoms with Crippen molar-refractivity contribution < 1.29 is 4.79 Å². The topological polar surface area (TPSA) is 54.0 Å². The SMILES string of the molecule is CC(=O)Nc1cccc(C(C)NCc2cnc(C)s2)c1. The summed E-state index contributed by atoms with van der Waals surface area (Å²) in [6, 6.07) is 8.11. The van der Waals surface area contributed by atoms with Crippen LogP contribution in [0.15, 0.2) is 30.5 Å². The summed E-state index contributed by atoms with van der Waals surface area (Å²) in [5.41, 5.74) is 1.98. The van der Waals surface area contributed by atoms with Crippen molar-refractivity contribution >= 4 is 22.9 Å². The van der Waals surface area contributed by atoms with E-state index in [-0.39, 0.29) is 11.9 Å². The Morgan fingerprint density at radius 1 is 1.45 bits per heavy atom. The number of aromatic nitrogens is 1. The monoisotopic (exact) mass is 289 g/mol. The molecule has 20 heavy (non-hydrogen) atoms. The molecule has 0 aliphatic carbocycles. The summed E-state index contributed by atoms with van der Waals surface area (Å²) < 4.78 is 0. The van der Waals surface area contributed by atoms with Crippen LogP contribution in [0.5, 0.6) is 0 Å². The minimum atomic E-state index is -0.0529. The minimum Gasteiger partial charge on any atom is -0.326 e.